The average Bonchev–Trinajstić information content (AvgIpc) is 3.94. The van der Waals surface area contributed by atoms with Crippen LogP contribution < -0.4 is 14.2 Å². The number of fused-ring (bicyclic) bond motifs is 3. The smallest absolute Gasteiger partial charge is 0.240 e. The zero-order valence-corrected chi connectivity index (χ0v) is 29.6. The quantitative estimate of drug-likeness (QED) is 0.327. The number of Topliss-reactive ketones (excluding diaryl/α,β-unsaturated/α-hetero) is 1. The Labute approximate surface area is 290 Å². The van der Waals surface area contributed by atoms with Gasteiger partial charge in [-0.15, -0.1) is 11.3 Å². The number of nitrogens with zero attached hydrogens (tertiary/aromatic N) is 3. The minimum atomic E-state index is -3.78. The van der Waals surface area contributed by atoms with Crippen molar-refractivity contribution in [3.8, 4) is 22.2 Å². The average molecular weight is 707 g/mol. The predicted octanol–water partition coefficient (Wildman–Crippen LogP) is 5.22. The largest absolute Gasteiger partial charge is 0.496 e. The molecule has 3 aromatic rings. The molecule has 2 amide bonds. The molecule has 11 nitrogen and oxygen atoms in total. The number of hydrogen-bond acceptors (Lipinski definition) is 10. The molecule has 3 heterocycles. The molecular weight excluding hydrogens is 665 g/mol. The summed E-state index contributed by atoms with van der Waals surface area (Å²) in [6, 6.07) is 5.64. The molecule has 7 rings (SSSR count). The van der Waals surface area contributed by atoms with E-state index < -0.39 is 44.5 Å². The molecule has 260 valence electrons. The number of hydrogen-bond donors (Lipinski definition) is 1. The van der Waals surface area contributed by atoms with E-state index in [0.717, 1.165) is 35.2 Å². The van der Waals surface area contributed by atoms with Gasteiger partial charge in [-0.3, -0.25) is 19.1 Å². The zero-order valence-electron chi connectivity index (χ0n) is 28.0. The van der Waals surface area contributed by atoms with E-state index in [2.05, 4.69) is 9.71 Å². The lowest BCUT2D eigenvalue weighted by atomic mass is 9.84. The standard InChI is InChI=1S/C36H42N4O7S2/c1-21-30(46-3)12-11-25-31(18-28(38-32(21)25)33-37-13-15-48-33)47-23-16-26-27(17-23)34(42)40(2)14-7-5-4-6-8-22-19-36(22,20-29(26)41)35(43)39-49(44,45)24-9-10-24/h6,8,11-13,15,18,22-24,26-27H,4-5,7,9-10,14,16-17,19-20H2,1-3H3,(H,39,43)/b8-6-/t22-,23+,26+,27+,36+/m0/s1. The third-order valence-corrected chi connectivity index (χ3v) is 13.3. The van der Waals surface area contributed by atoms with Gasteiger partial charge in [-0.1, -0.05) is 12.2 Å². The Morgan fingerprint density at radius 1 is 1.12 bits per heavy atom. The first-order valence-electron chi connectivity index (χ1n) is 17.1. The fourth-order valence-corrected chi connectivity index (χ4v) is 9.57. The molecule has 3 saturated carbocycles. The number of nitrogens with one attached hydrogen (secondary N) is 1. The number of ketones is 1. The lowest BCUT2D eigenvalue weighted by molar-refractivity contribution is -0.140. The van der Waals surface area contributed by atoms with E-state index in [4.69, 9.17) is 14.5 Å². The van der Waals surface area contributed by atoms with Gasteiger partial charge in [-0.05, 0) is 76.3 Å². The van der Waals surface area contributed by atoms with Crippen LogP contribution in [0.1, 0.15) is 63.4 Å². The Bertz CT molecular complexity index is 1920. The van der Waals surface area contributed by atoms with Crippen LogP contribution in [0.15, 0.2) is 41.9 Å². The third kappa shape index (κ3) is 6.59. The van der Waals surface area contributed by atoms with Gasteiger partial charge in [0, 0.05) is 54.5 Å². The zero-order chi connectivity index (χ0) is 34.5. The van der Waals surface area contributed by atoms with E-state index in [1.807, 2.05) is 42.7 Å². The summed E-state index contributed by atoms with van der Waals surface area (Å²) in [6.07, 6.45) is 9.69. The summed E-state index contributed by atoms with van der Waals surface area (Å²) in [4.78, 5) is 53.0. The molecule has 13 heteroatoms. The topological polar surface area (TPSA) is 145 Å². The molecular formula is C36H42N4O7S2. The number of thiazole rings is 1. The Hall–Kier alpha value is -3.84. The molecule has 0 spiro atoms. The van der Waals surface area contributed by atoms with Crippen LogP contribution in [0.5, 0.6) is 11.5 Å². The van der Waals surface area contributed by atoms with Gasteiger partial charge in [-0.25, -0.2) is 18.4 Å². The summed E-state index contributed by atoms with van der Waals surface area (Å²) in [6.45, 7) is 2.52. The van der Waals surface area contributed by atoms with E-state index in [1.54, 1.807) is 25.3 Å². The highest BCUT2D eigenvalue weighted by atomic mass is 32.2. The first-order chi connectivity index (χ1) is 23.5. The maximum absolute atomic E-state index is 14.3. The van der Waals surface area contributed by atoms with Crippen molar-refractivity contribution in [1.29, 1.82) is 0 Å². The number of benzene rings is 1. The predicted molar refractivity (Wildman–Crippen MR) is 186 cm³/mol. The molecule has 0 radical (unpaired) electrons. The second-order valence-electron chi connectivity index (χ2n) is 14.0. The van der Waals surface area contributed by atoms with Crippen LogP contribution in [0, 0.1) is 30.1 Å². The van der Waals surface area contributed by atoms with Crippen molar-refractivity contribution < 1.29 is 32.3 Å². The van der Waals surface area contributed by atoms with E-state index in [9.17, 15) is 22.8 Å². The van der Waals surface area contributed by atoms with Gasteiger partial charge in [0.05, 0.1) is 29.2 Å². The van der Waals surface area contributed by atoms with Crippen molar-refractivity contribution >= 4 is 49.9 Å². The van der Waals surface area contributed by atoms with Gasteiger partial charge in [0.25, 0.3) is 0 Å². The number of methoxy groups -OCH3 is 1. The minimum Gasteiger partial charge on any atom is -0.496 e. The molecule has 3 fully saturated rings. The molecule has 1 N–H and O–H groups in total. The van der Waals surface area contributed by atoms with Gasteiger partial charge < -0.3 is 14.4 Å². The first kappa shape index (κ1) is 33.6. The van der Waals surface area contributed by atoms with Crippen LogP contribution in [0.3, 0.4) is 0 Å². The van der Waals surface area contributed by atoms with Crippen LogP contribution in [0.25, 0.3) is 21.6 Å². The van der Waals surface area contributed by atoms with Crippen molar-refractivity contribution in [2.24, 2.45) is 23.2 Å². The maximum Gasteiger partial charge on any atom is 0.240 e. The summed E-state index contributed by atoms with van der Waals surface area (Å²) >= 11 is 1.47. The number of sulfonamides is 1. The lowest BCUT2D eigenvalue weighted by Crippen LogP contribution is -2.42. The molecule has 0 unspecified atom stereocenters. The molecule has 5 atom stereocenters. The fraction of sp³-hybridized carbons (Fsp3) is 0.528. The first-order valence-corrected chi connectivity index (χ1v) is 19.5. The number of aromatic nitrogens is 2. The van der Waals surface area contributed by atoms with E-state index in [0.29, 0.717) is 61.4 Å². The van der Waals surface area contributed by atoms with Crippen molar-refractivity contribution in [2.45, 2.75) is 76.1 Å². The Morgan fingerprint density at radius 3 is 2.65 bits per heavy atom. The number of aryl methyl sites for hydroxylation is 1. The molecule has 4 aliphatic rings. The van der Waals surface area contributed by atoms with E-state index >= 15 is 0 Å². The molecule has 0 bridgehead atoms. The summed E-state index contributed by atoms with van der Waals surface area (Å²) in [5, 5.41) is 2.85. The van der Waals surface area contributed by atoms with Crippen LogP contribution in [0.2, 0.25) is 0 Å². The third-order valence-electron chi connectivity index (χ3n) is 10.7. The number of allylic oxidation sites excluding steroid dienone is 2. The van der Waals surface area contributed by atoms with Crippen molar-refractivity contribution in [3.05, 3.63) is 47.5 Å². The molecule has 3 aliphatic carbocycles. The Kier molecular flexibility index (Phi) is 9.01. The number of carbonyl (C=O) groups excluding carboxylic acids is 3. The lowest BCUT2D eigenvalue weighted by Gasteiger charge is -2.26. The summed E-state index contributed by atoms with van der Waals surface area (Å²) in [7, 11) is -0.386. The molecule has 49 heavy (non-hydrogen) atoms. The van der Waals surface area contributed by atoms with Gasteiger partial charge in [-0.2, -0.15) is 0 Å². The van der Waals surface area contributed by atoms with Gasteiger partial charge in [0.1, 0.15) is 34.1 Å². The number of pyridine rings is 1. The van der Waals surface area contributed by atoms with Gasteiger partial charge in [0.15, 0.2) is 0 Å². The number of rotatable bonds is 7. The highest BCUT2D eigenvalue weighted by Gasteiger charge is 2.61. The summed E-state index contributed by atoms with van der Waals surface area (Å²) in [5.74, 6) is -1.17. The summed E-state index contributed by atoms with van der Waals surface area (Å²) < 4.78 is 40.1. The maximum atomic E-state index is 14.3. The Morgan fingerprint density at radius 2 is 1.92 bits per heavy atom. The SMILES string of the molecule is COc1ccc2c(O[C@@H]3C[C@H]4C(=O)C[C@]5(C(=O)NS(=O)(=O)C6CC6)C[C@@H]5/C=C\CCCCN(C)C(=O)[C@@H]4C3)cc(-c3nccs3)nc2c1C. The fourth-order valence-electron chi connectivity index (χ4n) is 7.58. The van der Waals surface area contributed by atoms with E-state index in [-0.39, 0.29) is 24.0 Å². The van der Waals surface area contributed by atoms with Crippen LogP contribution >= 0.6 is 11.3 Å². The van der Waals surface area contributed by atoms with E-state index in [1.165, 1.54) is 11.3 Å². The molecule has 1 aliphatic heterocycles. The van der Waals surface area contributed by atoms with Crippen molar-refractivity contribution in [3.63, 3.8) is 0 Å². The van der Waals surface area contributed by atoms with Gasteiger partial charge in [0.2, 0.25) is 21.8 Å². The molecule has 0 saturated heterocycles. The van der Waals surface area contributed by atoms with Crippen LogP contribution in [-0.4, -0.2) is 72.9 Å². The van der Waals surface area contributed by atoms with Gasteiger partial charge >= 0.3 is 0 Å². The minimum absolute atomic E-state index is 0.108. The summed E-state index contributed by atoms with van der Waals surface area (Å²) in [5.41, 5.74) is 1.08. The molecule has 1 aromatic carbocycles. The highest BCUT2D eigenvalue weighted by Crippen LogP contribution is 2.58. The number of amides is 2. The van der Waals surface area contributed by atoms with Crippen LogP contribution in [0.4, 0.5) is 0 Å². The normalized spacial score (nSPS) is 28.3. The second kappa shape index (κ2) is 13.1. The van der Waals surface area contributed by atoms with Crippen LogP contribution in [-0.2, 0) is 24.4 Å². The number of ether oxygens (including phenoxy) is 2. The second-order valence-corrected chi connectivity index (χ2v) is 16.9. The highest BCUT2D eigenvalue weighted by molar-refractivity contribution is 7.90. The monoisotopic (exact) mass is 706 g/mol. The Balaban J connectivity index is 1.20. The van der Waals surface area contributed by atoms with Crippen molar-refractivity contribution in [2.75, 3.05) is 20.7 Å². The molecule has 2 aromatic heterocycles. The van der Waals surface area contributed by atoms with Crippen molar-refractivity contribution in [1.82, 2.24) is 19.6 Å². The number of carbonyl (C=O) groups is 3.